The fourth-order valence-corrected chi connectivity index (χ4v) is 1.88. The second kappa shape index (κ2) is 7.38. The number of rotatable bonds is 6. The van der Waals surface area contributed by atoms with Gasteiger partial charge < -0.3 is 11.1 Å². The van der Waals surface area contributed by atoms with Crippen molar-refractivity contribution in [3.05, 3.63) is 35.4 Å². The molecule has 0 bridgehead atoms. The highest BCUT2D eigenvalue weighted by molar-refractivity contribution is 7.99. The van der Waals surface area contributed by atoms with Crippen molar-refractivity contribution in [3.63, 3.8) is 0 Å². The van der Waals surface area contributed by atoms with Crippen LogP contribution in [0.3, 0.4) is 0 Å². The highest BCUT2D eigenvalue weighted by Crippen LogP contribution is 2.08. The van der Waals surface area contributed by atoms with E-state index in [-0.39, 0.29) is 5.91 Å². The fourth-order valence-electron chi connectivity index (χ4n) is 1.39. The van der Waals surface area contributed by atoms with E-state index in [1.807, 2.05) is 0 Å². The van der Waals surface area contributed by atoms with Crippen LogP contribution in [0.4, 0.5) is 0 Å². The number of hydrogen-bond acceptors (Lipinski definition) is 3. The van der Waals surface area contributed by atoms with Crippen LogP contribution in [0.1, 0.15) is 29.3 Å². The summed E-state index contributed by atoms with van der Waals surface area (Å²) in [5.41, 5.74) is 6.90. The Morgan fingerprint density at radius 2 is 1.94 bits per heavy atom. The molecule has 1 atom stereocenters. The number of nitrogens with two attached hydrogens (primary N) is 1. The normalized spacial score (nSPS) is 11.9. The van der Waals surface area contributed by atoms with Gasteiger partial charge in [0.15, 0.2) is 0 Å². The van der Waals surface area contributed by atoms with Crippen LogP contribution in [0.15, 0.2) is 24.3 Å². The van der Waals surface area contributed by atoms with Gasteiger partial charge in [-0.1, -0.05) is 31.3 Å². The van der Waals surface area contributed by atoms with Gasteiger partial charge in [0, 0.05) is 22.9 Å². The van der Waals surface area contributed by atoms with Gasteiger partial charge in [0.05, 0.1) is 0 Å². The van der Waals surface area contributed by atoms with Crippen LogP contribution >= 0.6 is 24.0 Å². The summed E-state index contributed by atoms with van der Waals surface area (Å²) >= 11 is 6.66. The molecule has 0 aromatic heterocycles. The number of carbonyl (C=O) groups is 1. The van der Waals surface area contributed by atoms with E-state index in [1.54, 1.807) is 36.0 Å². The maximum absolute atomic E-state index is 11.8. The zero-order chi connectivity index (χ0) is 13.5. The smallest absolute Gasteiger partial charge is 0.251 e. The summed E-state index contributed by atoms with van der Waals surface area (Å²) in [5.74, 6) is -0.0576. The second-order valence-electron chi connectivity index (χ2n) is 4.03. The molecular formula is C13H18N2OS2. The first kappa shape index (κ1) is 15.0. The fraction of sp³-hybridized carbons (Fsp3) is 0.385. The molecule has 1 rings (SSSR count). The number of thioether (sulfide) groups is 1. The molecule has 0 saturated heterocycles. The maximum atomic E-state index is 11.8. The van der Waals surface area contributed by atoms with Crippen molar-refractivity contribution in [2.24, 2.45) is 5.73 Å². The zero-order valence-corrected chi connectivity index (χ0v) is 12.2. The molecule has 0 aliphatic rings. The predicted octanol–water partition coefficient (Wildman–Crippen LogP) is 2.19. The molecule has 98 valence electrons. The number of benzene rings is 1. The van der Waals surface area contributed by atoms with Gasteiger partial charge in [-0.3, -0.25) is 4.79 Å². The standard InChI is InChI=1S/C13H18N2OS2/c1-9(18-2)7-8-15-13(16)11-5-3-10(4-6-11)12(14)17/h3-6,9H,7-8H2,1-2H3,(H2,14,17)(H,15,16). The average molecular weight is 282 g/mol. The van der Waals surface area contributed by atoms with Crippen molar-refractivity contribution >= 4 is 34.9 Å². The third kappa shape index (κ3) is 4.66. The van der Waals surface area contributed by atoms with Crippen LogP contribution in [0, 0.1) is 0 Å². The van der Waals surface area contributed by atoms with Gasteiger partial charge in [0.2, 0.25) is 0 Å². The summed E-state index contributed by atoms with van der Waals surface area (Å²) in [6.45, 7) is 2.84. The van der Waals surface area contributed by atoms with Gasteiger partial charge in [-0.05, 0) is 24.8 Å². The number of amides is 1. The molecule has 5 heteroatoms. The lowest BCUT2D eigenvalue weighted by Crippen LogP contribution is -2.26. The van der Waals surface area contributed by atoms with Gasteiger partial charge in [-0.2, -0.15) is 11.8 Å². The first-order valence-electron chi connectivity index (χ1n) is 5.75. The third-order valence-corrected chi connectivity index (χ3v) is 3.95. The van der Waals surface area contributed by atoms with Crippen molar-refractivity contribution in [2.75, 3.05) is 12.8 Å². The van der Waals surface area contributed by atoms with Crippen molar-refractivity contribution in [3.8, 4) is 0 Å². The Bertz CT molecular complexity index is 418. The molecular weight excluding hydrogens is 264 g/mol. The largest absolute Gasteiger partial charge is 0.389 e. The van der Waals surface area contributed by atoms with E-state index in [0.717, 1.165) is 12.0 Å². The van der Waals surface area contributed by atoms with Gasteiger partial charge in [-0.25, -0.2) is 0 Å². The van der Waals surface area contributed by atoms with Crippen LogP contribution in [-0.4, -0.2) is 28.9 Å². The van der Waals surface area contributed by atoms with E-state index in [0.29, 0.717) is 22.3 Å². The minimum atomic E-state index is -0.0576. The van der Waals surface area contributed by atoms with Crippen molar-refractivity contribution in [1.29, 1.82) is 0 Å². The summed E-state index contributed by atoms with van der Waals surface area (Å²) in [4.78, 5) is 12.2. The van der Waals surface area contributed by atoms with E-state index in [4.69, 9.17) is 18.0 Å². The molecule has 3 nitrogen and oxygen atoms in total. The highest BCUT2D eigenvalue weighted by Gasteiger charge is 2.06. The summed E-state index contributed by atoms with van der Waals surface area (Å²) in [7, 11) is 0. The first-order chi connectivity index (χ1) is 8.54. The molecule has 18 heavy (non-hydrogen) atoms. The quantitative estimate of drug-likeness (QED) is 0.785. The molecule has 0 aliphatic heterocycles. The monoisotopic (exact) mass is 282 g/mol. The van der Waals surface area contributed by atoms with Crippen LogP contribution in [-0.2, 0) is 0 Å². The van der Waals surface area contributed by atoms with Crippen LogP contribution in [0.25, 0.3) is 0 Å². The average Bonchev–Trinajstić information content (AvgIpc) is 2.38. The van der Waals surface area contributed by atoms with Crippen LogP contribution < -0.4 is 11.1 Å². The van der Waals surface area contributed by atoms with E-state index in [9.17, 15) is 4.79 Å². The molecule has 3 N–H and O–H groups in total. The Morgan fingerprint density at radius 3 is 2.44 bits per heavy atom. The molecule has 1 aromatic carbocycles. The first-order valence-corrected chi connectivity index (χ1v) is 7.45. The van der Waals surface area contributed by atoms with Crippen molar-refractivity contribution < 1.29 is 4.79 Å². The summed E-state index contributed by atoms with van der Waals surface area (Å²) in [6, 6.07) is 7.01. The Morgan fingerprint density at radius 1 is 1.39 bits per heavy atom. The molecule has 0 saturated carbocycles. The lowest BCUT2D eigenvalue weighted by atomic mass is 10.1. The minimum absolute atomic E-state index is 0.0576. The van der Waals surface area contributed by atoms with Gasteiger partial charge in [-0.15, -0.1) is 0 Å². The third-order valence-electron chi connectivity index (χ3n) is 2.67. The minimum Gasteiger partial charge on any atom is -0.389 e. The molecule has 0 spiro atoms. The number of hydrogen-bond donors (Lipinski definition) is 2. The SMILES string of the molecule is CSC(C)CCNC(=O)c1ccc(C(N)=S)cc1. The Kier molecular flexibility index (Phi) is 6.15. The van der Waals surface area contributed by atoms with Gasteiger partial charge in [0.1, 0.15) is 4.99 Å². The van der Waals surface area contributed by atoms with Crippen molar-refractivity contribution in [2.45, 2.75) is 18.6 Å². The summed E-state index contributed by atoms with van der Waals surface area (Å²) < 4.78 is 0. The number of thiocarbonyl (C=S) groups is 1. The molecule has 1 amide bonds. The predicted molar refractivity (Wildman–Crippen MR) is 82.3 cm³/mol. The number of carbonyl (C=O) groups excluding carboxylic acids is 1. The van der Waals surface area contributed by atoms with Gasteiger partial charge in [0.25, 0.3) is 5.91 Å². The lowest BCUT2D eigenvalue weighted by molar-refractivity contribution is 0.0953. The van der Waals surface area contributed by atoms with Gasteiger partial charge >= 0.3 is 0 Å². The van der Waals surface area contributed by atoms with Crippen LogP contribution in [0.5, 0.6) is 0 Å². The Labute approximate surface area is 118 Å². The molecule has 1 aromatic rings. The van der Waals surface area contributed by atoms with Crippen LogP contribution in [0.2, 0.25) is 0 Å². The Balaban J connectivity index is 2.49. The topological polar surface area (TPSA) is 55.1 Å². The highest BCUT2D eigenvalue weighted by atomic mass is 32.2. The molecule has 0 aliphatic carbocycles. The summed E-state index contributed by atoms with van der Waals surface area (Å²) in [6.07, 6.45) is 3.04. The molecule has 0 radical (unpaired) electrons. The van der Waals surface area contributed by atoms with E-state index in [1.165, 1.54) is 0 Å². The second-order valence-corrected chi connectivity index (χ2v) is 5.75. The summed E-state index contributed by atoms with van der Waals surface area (Å²) in [5, 5.41) is 3.45. The maximum Gasteiger partial charge on any atom is 0.251 e. The zero-order valence-electron chi connectivity index (χ0n) is 10.6. The lowest BCUT2D eigenvalue weighted by Gasteiger charge is -2.09. The van der Waals surface area contributed by atoms with E-state index >= 15 is 0 Å². The molecule has 0 fully saturated rings. The molecule has 1 unspecified atom stereocenters. The van der Waals surface area contributed by atoms with E-state index < -0.39 is 0 Å². The number of nitrogens with one attached hydrogen (secondary N) is 1. The Hall–Kier alpha value is -1.07. The van der Waals surface area contributed by atoms with E-state index in [2.05, 4.69) is 18.5 Å². The van der Waals surface area contributed by atoms with Crippen molar-refractivity contribution in [1.82, 2.24) is 5.32 Å². The molecule has 0 heterocycles.